The van der Waals surface area contributed by atoms with E-state index >= 15 is 0 Å². The van der Waals surface area contributed by atoms with Gasteiger partial charge in [-0.25, -0.2) is 0 Å². The largest absolute Gasteiger partial charge is 0.497 e. The number of aryl methyl sites for hydroxylation is 1. The smallest absolute Gasteiger partial charge is 0.222 e. The standard InChI is InChI=1S/C20H27NO4/c1-24-15-7-5-14(6-8-15)3-2-4-19(23)21-11-17-16(12-22)18-9-10-20(17,13-21)25-18/h5-8,16-18,22H,2-4,9-13H2,1H3/t16-,17+,18+,20+/m0/s1. The molecule has 1 aromatic rings. The van der Waals surface area contributed by atoms with E-state index in [1.54, 1.807) is 7.11 Å². The van der Waals surface area contributed by atoms with Gasteiger partial charge in [-0.15, -0.1) is 0 Å². The zero-order chi connectivity index (χ0) is 17.4. The number of benzene rings is 1. The summed E-state index contributed by atoms with van der Waals surface area (Å²) in [4.78, 5) is 14.6. The lowest BCUT2D eigenvalue weighted by Crippen LogP contribution is -2.38. The molecular weight excluding hydrogens is 318 g/mol. The zero-order valence-electron chi connectivity index (χ0n) is 14.8. The highest BCUT2D eigenvalue weighted by Crippen LogP contribution is 2.54. The molecule has 3 heterocycles. The lowest BCUT2D eigenvalue weighted by molar-refractivity contribution is -0.131. The van der Waals surface area contributed by atoms with Crippen molar-refractivity contribution in [1.82, 2.24) is 4.90 Å². The molecule has 1 aromatic carbocycles. The van der Waals surface area contributed by atoms with Gasteiger partial charge in [-0.3, -0.25) is 4.79 Å². The van der Waals surface area contributed by atoms with Crippen LogP contribution in [0.4, 0.5) is 0 Å². The van der Waals surface area contributed by atoms with Crippen molar-refractivity contribution in [3.63, 3.8) is 0 Å². The molecule has 0 unspecified atom stereocenters. The Balaban J connectivity index is 1.29. The van der Waals surface area contributed by atoms with Crippen molar-refractivity contribution in [3.05, 3.63) is 29.8 Å². The highest BCUT2D eigenvalue weighted by Gasteiger charge is 2.63. The van der Waals surface area contributed by atoms with Crippen LogP contribution in [-0.4, -0.2) is 54.4 Å². The van der Waals surface area contributed by atoms with E-state index in [4.69, 9.17) is 9.47 Å². The molecule has 5 heteroatoms. The van der Waals surface area contributed by atoms with Crippen LogP contribution in [0.25, 0.3) is 0 Å². The molecule has 1 amide bonds. The summed E-state index contributed by atoms with van der Waals surface area (Å²) < 4.78 is 11.4. The average Bonchev–Trinajstić information content (AvgIpc) is 3.29. The van der Waals surface area contributed by atoms with Crippen LogP contribution >= 0.6 is 0 Å². The van der Waals surface area contributed by atoms with Crippen LogP contribution in [0.3, 0.4) is 0 Å². The van der Waals surface area contributed by atoms with E-state index in [1.165, 1.54) is 5.56 Å². The summed E-state index contributed by atoms with van der Waals surface area (Å²) in [5, 5.41) is 9.67. The van der Waals surface area contributed by atoms with Crippen LogP contribution in [0.1, 0.15) is 31.2 Å². The minimum Gasteiger partial charge on any atom is -0.497 e. The van der Waals surface area contributed by atoms with Crippen molar-refractivity contribution in [2.45, 2.75) is 43.8 Å². The van der Waals surface area contributed by atoms with Gasteiger partial charge in [-0.2, -0.15) is 0 Å². The molecule has 4 rings (SSSR count). The maximum atomic E-state index is 12.6. The van der Waals surface area contributed by atoms with Crippen LogP contribution in [0.5, 0.6) is 5.75 Å². The van der Waals surface area contributed by atoms with Gasteiger partial charge in [0.2, 0.25) is 5.91 Å². The van der Waals surface area contributed by atoms with Gasteiger partial charge < -0.3 is 19.5 Å². The molecule has 25 heavy (non-hydrogen) atoms. The molecular formula is C20H27NO4. The molecule has 3 aliphatic rings. The fourth-order valence-corrected chi connectivity index (χ4v) is 5.02. The van der Waals surface area contributed by atoms with Crippen LogP contribution in [0, 0.1) is 11.8 Å². The summed E-state index contributed by atoms with van der Waals surface area (Å²) in [7, 11) is 1.66. The quantitative estimate of drug-likeness (QED) is 0.857. The Morgan fingerprint density at radius 3 is 2.92 bits per heavy atom. The van der Waals surface area contributed by atoms with Gasteiger partial charge >= 0.3 is 0 Å². The van der Waals surface area contributed by atoms with Gasteiger partial charge in [-0.05, 0) is 43.4 Å². The maximum absolute atomic E-state index is 12.6. The molecule has 3 aliphatic heterocycles. The topological polar surface area (TPSA) is 59.0 Å². The Morgan fingerprint density at radius 1 is 1.40 bits per heavy atom. The minimum atomic E-state index is -0.163. The molecule has 3 fully saturated rings. The highest BCUT2D eigenvalue weighted by atomic mass is 16.5. The Kier molecular flexibility index (Phi) is 4.46. The first-order valence-electron chi connectivity index (χ1n) is 9.34. The van der Waals surface area contributed by atoms with Gasteiger partial charge in [0.25, 0.3) is 0 Å². The molecule has 3 saturated heterocycles. The van der Waals surface area contributed by atoms with E-state index in [9.17, 15) is 9.90 Å². The zero-order valence-corrected chi connectivity index (χ0v) is 14.8. The fraction of sp³-hybridized carbons (Fsp3) is 0.650. The molecule has 0 radical (unpaired) electrons. The number of hydrogen-bond acceptors (Lipinski definition) is 4. The van der Waals surface area contributed by atoms with E-state index in [2.05, 4.69) is 12.1 Å². The third-order valence-electron chi connectivity index (χ3n) is 6.36. The summed E-state index contributed by atoms with van der Waals surface area (Å²) in [6.45, 7) is 1.64. The van der Waals surface area contributed by atoms with Crippen molar-refractivity contribution in [2.24, 2.45) is 11.8 Å². The number of ether oxygens (including phenoxy) is 2. The number of methoxy groups -OCH3 is 1. The number of fused-ring (bicyclic) bond motifs is 1. The minimum absolute atomic E-state index is 0.163. The molecule has 0 aliphatic carbocycles. The lowest BCUT2D eigenvalue weighted by atomic mass is 9.74. The Morgan fingerprint density at radius 2 is 2.20 bits per heavy atom. The predicted octanol–water partition coefficient (Wildman–Crippen LogP) is 2.02. The molecule has 1 N–H and O–H groups in total. The van der Waals surface area contributed by atoms with Gasteiger partial charge in [0.15, 0.2) is 0 Å². The van der Waals surface area contributed by atoms with Crippen molar-refractivity contribution in [2.75, 3.05) is 26.8 Å². The van der Waals surface area contributed by atoms with Crippen molar-refractivity contribution in [1.29, 1.82) is 0 Å². The number of amides is 1. The molecule has 0 saturated carbocycles. The number of hydrogen-bond donors (Lipinski definition) is 1. The van der Waals surface area contributed by atoms with E-state index in [0.29, 0.717) is 18.9 Å². The summed E-state index contributed by atoms with van der Waals surface area (Å²) >= 11 is 0. The van der Waals surface area contributed by atoms with Crippen LogP contribution in [-0.2, 0) is 16.0 Å². The van der Waals surface area contributed by atoms with Gasteiger partial charge in [-0.1, -0.05) is 12.1 Å². The molecule has 4 atom stereocenters. The molecule has 5 nitrogen and oxygen atoms in total. The Labute approximate surface area is 148 Å². The number of likely N-dealkylation sites (tertiary alicyclic amines) is 1. The summed E-state index contributed by atoms with van der Waals surface area (Å²) in [6.07, 6.45) is 4.60. The fourth-order valence-electron chi connectivity index (χ4n) is 5.02. The average molecular weight is 345 g/mol. The van der Waals surface area contributed by atoms with Crippen LogP contribution in [0.2, 0.25) is 0 Å². The molecule has 2 bridgehead atoms. The van der Waals surface area contributed by atoms with E-state index in [1.807, 2.05) is 17.0 Å². The van der Waals surface area contributed by atoms with Crippen LogP contribution < -0.4 is 4.74 Å². The number of aliphatic hydroxyl groups excluding tert-OH is 1. The van der Waals surface area contributed by atoms with Crippen molar-refractivity contribution in [3.8, 4) is 5.75 Å². The summed E-state index contributed by atoms with van der Waals surface area (Å²) in [5.74, 6) is 1.62. The number of carbonyl (C=O) groups excluding carboxylic acids is 1. The third-order valence-corrected chi connectivity index (χ3v) is 6.36. The third kappa shape index (κ3) is 2.93. The molecule has 0 aromatic heterocycles. The first-order chi connectivity index (χ1) is 12.1. The van der Waals surface area contributed by atoms with E-state index in [0.717, 1.165) is 38.0 Å². The Hall–Kier alpha value is -1.59. The SMILES string of the molecule is COc1ccc(CCCC(=O)N2C[C@@H]3[C@H](CO)[C@H]4CC[C@]3(C2)O4)cc1. The van der Waals surface area contributed by atoms with Crippen molar-refractivity contribution >= 4 is 5.91 Å². The van der Waals surface area contributed by atoms with Crippen molar-refractivity contribution < 1.29 is 19.4 Å². The molecule has 1 spiro atoms. The maximum Gasteiger partial charge on any atom is 0.222 e. The van der Waals surface area contributed by atoms with E-state index < -0.39 is 0 Å². The first kappa shape index (κ1) is 16.9. The second kappa shape index (κ2) is 6.61. The number of rotatable bonds is 6. The Bertz CT molecular complexity index is 631. The first-order valence-corrected chi connectivity index (χ1v) is 9.34. The monoisotopic (exact) mass is 345 g/mol. The second-order valence-electron chi connectivity index (χ2n) is 7.69. The number of nitrogens with zero attached hydrogens (tertiary/aromatic N) is 1. The van der Waals surface area contributed by atoms with Gasteiger partial charge in [0.05, 0.1) is 25.4 Å². The second-order valence-corrected chi connectivity index (χ2v) is 7.69. The van der Waals surface area contributed by atoms with Gasteiger partial charge in [0.1, 0.15) is 5.75 Å². The number of aliphatic hydroxyl groups is 1. The summed E-state index contributed by atoms with van der Waals surface area (Å²) in [6, 6.07) is 8.03. The van der Waals surface area contributed by atoms with Gasteiger partial charge in [0, 0.05) is 31.4 Å². The van der Waals surface area contributed by atoms with E-state index in [-0.39, 0.29) is 30.1 Å². The number of carbonyl (C=O) groups is 1. The lowest BCUT2D eigenvalue weighted by Gasteiger charge is -2.27. The normalized spacial score (nSPS) is 32.9. The highest BCUT2D eigenvalue weighted by molar-refractivity contribution is 5.76. The molecule has 136 valence electrons. The van der Waals surface area contributed by atoms with Crippen LogP contribution in [0.15, 0.2) is 24.3 Å². The summed E-state index contributed by atoms with van der Waals surface area (Å²) in [5.41, 5.74) is 1.07. The predicted molar refractivity (Wildman–Crippen MR) is 93.4 cm³/mol.